The molecule has 12 heteroatoms. The summed E-state index contributed by atoms with van der Waals surface area (Å²) in [5.41, 5.74) is 2.90. The average molecular weight is 564 g/mol. The van der Waals surface area contributed by atoms with Crippen LogP contribution in [0, 0.1) is 18.3 Å². The minimum atomic E-state index is -3.88. The summed E-state index contributed by atoms with van der Waals surface area (Å²) in [5, 5.41) is 24.4. The Kier molecular flexibility index (Phi) is 8.25. The smallest absolute Gasteiger partial charge is 0.254 e. The molecule has 1 aromatic heterocycles. The molecule has 0 aliphatic carbocycles. The molecule has 1 atom stereocenters. The number of para-hydroxylation sites is 1. The van der Waals surface area contributed by atoms with Crippen LogP contribution >= 0.6 is 11.8 Å². The molecular weight excluding hydrogens is 538 g/mol. The Hall–Kier alpha value is -4.31. The standard InChI is InChI=1S/C27H25N5O5S2/c1-16-6-3-4-7-21(16)32-23(33)15-38-27-20(14-28)25(22-8-5-13-37-22)24(17(2)30-27)26(34)31-18-9-11-19(12-10-18)39(29,35)36/h3-13,25,30H,15H2,1-2H3,(H,31,34)(H,32,33)(H2,29,35,36)/t25-/m0/s1. The first-order chi connectivity index (χ1) is 18.6. The lowest BCUT2D eigenvalue weighted by molar-refractivity contribution is -0.114. The van der Waals surface area contributed by atoms with Gasteiger partial charge in [0.05, 0.1) is 45.1 Å². The van der Waals surface area contributed by atoms with Crippen LogP contribution in [0.1, 0.15) is 24.2 Å². The normalized spacial score (nSPS) is 15.4. The van der Waals surface area contributed by atoms with Crippen LogP contribution in [0.25, 0.3) is 0 Å². The summed E-state index contributed by atoms with van der Waals surface area (Å²) in [6.45, 7) is 3.59. The molecule has 0 bridgehead atoms. The van der Waals surface area contributed by atoms with Gasteiger partial charge in [-0.2, -0.15) is 5.26 Å². The number of anilines is 2. The third-order valence-corrected chi connectivity index (χ3v) is 7.87. The number of amides is 2. The number of nitrogens with one attached hydrogen (secondary N) is 3. The van der Waals surface area contributed by atoms with E-state index in [0.717, 1.165) is 17.3 Å². The maximum Gasteiger partial charge on any atom is 0.254 e. The Balaban J connectivity index is 1.58. The zero-order valence-electron chi connectivity index (χ0n) is 21.0. The second-order valence-corrected chi connectivity index (χ2v) is 11.2. The van der Waals surface area contributed by atoms with Crippen molar-refractivity contribution in [1.29, 1.82) is 5.26 Å². The topological polar surface area (TPSA) is 167 Å². The Bertz CT molecular complexity index is 1620. The number of nitrogens with zero attached hydrogens (tertiary/aromatic N) is 1. The minimum Gasteiger partial charge on any atom is -0.468 e. The molecule has 0 spiro atoms. The van der Waals surface area contributed by atoms with E-state index in [4.69, 9.17) is 9.56 Å². The number of carbonyl (C=O) groups excluding carboxylic acids is 2. The molecule has 10 nitrogen and oxygen atoms in total. The summed E-state index contributed by atoms with van der Waals surface area (Å²) >= 11 is 1.15. The van der Waals surface area contributed by atoms with Gasteiger partial charge in [0.15, 0.2) is 0 Å². The van der Waals surface area contributed by atoms with Gasteiger partial charge < -0.3 is 20.4 Å². The van der Waals surface area contributed by atoms with E-state index in [9.17, 15) is 23.3 Å². The SMILES string of the molecule is CC1=C(C(=O)Nc2ccc(S(N)(=O)=O)cc2)[C@H](c2ccco2)C(C#N)=C(SCC(=O)Nc2ccccc2C)N1. The van der Waals surface area contributed by atoms with Gasteiger partial charge in [-0.05, 0) is 61.9 Å². The first kappa shape index (κ1) is 27.7. The van der Waals surface area contributed by atoms with Crippen molar-refractivity contribution in [1.82, 2.24) is 5.32 Å². The van der Waals surface area contributed by atoms with Crippen LogP contribution in [0.15, 0.2) is 98.1 Å². The fraction of sp³-hybridized carbons (Fsp3) is 0.148. The fourth-order valence-electron chi connectivity index (χ4n) is 4.03. The number of nitriles is 1. The molecule has 0 unspecified atom stereocenters. The largest absolute Gasteiger partial charge is 0.468 e. The molecule has 5 N–H and O–H groups in total. The van der Waals surface area contributed by atoms with Gasteiger partial charge in [0, 0.05) is 17.1 Å². The van der Waals surface area contributed by atoms with Crippen molar-refractivity contribution < 1.29 is 22.4 Å². The van der Waals surface area contributed by atoms with E-state index in [-0.39, 0.29) is 27.7 Å². The van der Waals surface area contributed by atoms with Crippen LogP contribution in [0.2, 0.25) is 0 Å². The molecule has 2 heterocycles. The van der Waals surface area contributed by atoms with Crippen LogP contribution in [0.4, 0.5) is 11.4 Å². The number of benzene rings is 2. The predicted octanol–water partition coefficient (Wildman–Crippen LogP) is 3.94. The number of primary sulfonamides is 1. The van der Waals surface area contributed by atoms with Gasteiger partial charge in [0.1, 0.15) is 5.76 Å². The van der Waals surface area contributed by atoms with E-state index >= 15 is 0 Å². The average Bonchev–Trinajstić information content (AvgIpc) is 3.43. The summed E-state index contributed by atoms with van der Waals surface area (Å²) in [6.07, 6.45) is 1.45. The third-order valence-electron chi connectivity index (χ3n) is 5.93. The number of rotatable bonds is 8. The van der Waals surface area contributed by atoms with E-state index in [2.05, 4.69) is 22.0 Å². The highest BCUT2D eigenvalue weighted by Gasteiger charge is 2.36. The second kappa shape index (κ2) is 11.6. The van der Waals surface area contributed by atoms with Gasteiger partial charge in [0.2, 0.25) is 15.9 Å². The zero-order valence-corrected chi connectivity index (χ0v) is 22.7. The Morgan fingerprint density at radius 3 is 2.41 bits per heavy atom. The molecule has 1 aliphatic heterocycles. The van der Waals surface area contributed by atoms with Gasteiger partial charge in [-0.1, -0.05) is 30.0 Å². The Labute approximate surface area is 230 Å². The Morgan fingerprint density at radius 2 is 1.79 bits per heavy atom. The van der Waals surface area contributed by atoms with Gasteiger partial charge >= 0.3 is 0 Å². The number of hydrogen-bond donors (Lipinski definition) is 4. The number of hydrogen-bond acceptors (Lipinski definition) is 8. The van der Waals surface area contributed by atoms with Crippen molar-refractivity contribution in [2.45, 2.75) is 24.7 Å². The molecule has 0 saturated heterocycles. The Morgan fingerprint density at radius 1 is 1.08 bits per heavy atom. The summed E-state index contributed by atoms with van der Waals surface area (Å²) in [4.78, 5) is 26.0. The van der Waals surface area contributed by atoms with E-state index in [1.165, 1.54) is 30.5 Å². The lowest BCUT2D eigenvalue weighted by Gasteiger charge is -2.28. The van der Waals surface area contributed by atoms with E-state index in [1.807, 2.05) is 31.2 Å². The van der Waals surface area contributed by atoms with E-state index in [0.29, 0.717) is 27.9 Å². The molecule has 0 fully saturated rings. The van der Waals surface area contributed by atoms with Crippen molar-refractivity contribution in [3.63, 3.8) is 0 Å². The van der Waals surface area contributed by atoms with Gasteiger partial charge in [-0.25, -0.2) is 13.6 Å². The maximum absolute atomic E-state index is 13.4. The molecule has 4 rings (SSSR count). The number of dihydropyridines is 1. The monoisotopic (exact) mass is 563 g/mol. The molecule has 2 amide bonds. The lowest BCUT2D eigenvalue weighted by Crippen LogP contribution is -2.31. The quantitative estimate of drug-likeness (QED) is 0.320. The van der Waals surface area contributed by atoms with Crippen LogP contribution in [-0.2, 0) is 19.6 Å². The number of sulfonamides is 1. The van der Waals surface area contributed by atoms with Gasteiger partial charge in [-0.3, -0.25) is 9.59 Å². The lowest BCUT2D eigenvalue weighted by atomic mass is 9.85. The highest BCUT2D eigenvalue weighted by molar-refractivity contribution is 8.03. The molecule has 0 radical (unpaired) electrons. The number of aryl methyl sites for hydroxylation is 1. The van der Waals surface area contributed by atoms with E-state index in [1.54, 1.807) is 19.1 Å². The minimum absolute atomic E-state index is 0.0257. The number of nitrogens with two attached hydrogens (primary N) is 1. The second-order valence-electron chi connectivity index (χ2n) is 8.64. The molecule has 0 saturated carbocycles. The van der Waals surface area contributed by atoms with Crippen LogP contribution in [0.5, 0.6) is 0 Å². The summed E-state index contributed by atoms with van der Waals surface area (Å²) in [7, 11) is -3.88. The maximum atomic E-state index is 13.4. The van der Waals surface area contributed by atoms with E-state index < -0.39 is 21.8 Å². The van der Waals surface area contributed by atoms with Crippen molar-refractivity contribution in [2.75, 3.05) is 16.4 Å². The molecule has 3 aromatic rings. The fourth-order valence-corrected chi connectivity index (χ4v) is 5.44. The van der Waals surface area contributed by atoms with Crippen LogP contribution in [0.3, 0.4) is 0 Å². The van der Waals surface area contributed by atoms with Crippen molar-refractivity contribution in [2.24, 2.45) is 5.14 Å². The molecular formula is C27H25N5O5S2. The summed E-state index contributed by atoms with van der Waals surface area (Å²) < 4.78 is 28.7. The number of furan rings is 1. The number of allylic oxidation sites excluding steroid dienone is 2. The highest BCUT2D eigenvalue weighted by atomic mass is 32.2. The third kappa shape index (κ3) is 6.40. The van der Waals surface area contributed by atoms with Crippen LogP contribution < -0.4 is 21.1 Å². The van der Waals surface area contributed by atoms with Gasteiger partial charge in [0.25, 0.3) is 5.91 Å². The molecule has 39 heavy (non-hydrogen) atoms. The summed E-state index contributed by atoms with van der Waals surface area (Å²) in [6, 6.07) is 18.3. The molecule has 1 aliphatic rings. The zero-order chi connectivity index (χ0) is 28.2. The number of thioether (sulfide) groups is 1. The molecule has 2 aromatic carbocycles. The van der Waals surface area contributed by atoms with Crippen molar-refractivity contribution >= 4 is 45.0 Å². The van der Waals surface area contributed by atoms with Crippen molar-refractivity contribution in [3.8, 4) is 6.07 Å². The molecule has 200 valence electrons. The first-order valence-electron chi connectivity index (χ1n) is 11.7. The number of carbonyl (C=O) groups is 2. The van der Waals surface area contributed by atoms with Crippen molar-refractivity contribution in [3.05, 3.63) is 100 Å². The highest BCUT2D eigenvalue weighted by Crippen LogP contribution is 2.41. The van der Waals surface area contributed by atoms with Crippen LogP contribution in [-0.4, -0.2) is 26.0 Å². The predicted molar refractivity (Wildman–Crippen MR) is 149 cm³/mol. The first-order valence-corrected chi connectivity index (χ1v) is 14.2. The van der Waals surface area contributed by atoms with Gasteiger partial charge in [-0.15, -0.1) is 0 Å². The summed E-state index contributed by atoms with van der Waals surface area (Å²) in [5.74, 6) is -1.19.